The number of rotatable bonds is 4. The molecule has 5 nitrogen and oxygen atoms in total. The summed E-state index contributed by atoms with van der Waals surface area (Å²) < 4.78 is 0. The third kappa shape index (κ3) is 3.65. The lowest BCUT2D eigenvalue weighted by Gasteiger charge is -2.13. The zero-order valence-electron chi connectivity index (χ0n) is 9.06. The molecule has 1 aromatic heterocycles. The quantitative estimate of drug-likeness (QED) is 0.308. The van der Waals surface area contributed by atoms with Crippen molar-refractivity contribution in [1.29, 1.82) is 0 Å². The number of nitrogens with one attached hydrogen (secondary N) is 1. The summed E-state index contributed by atoms with van der Waals surface area (Å²) in [6, 6.07) is 1.76. The third-order valence-electron chi connectivity index (χ3n) is 1.95. The second-order valence-electron chi connectivity index (χ2n) is 3.35. The van der Waals surface area contributed by atoms with Crippen LogP contribution >= 0.6 is 11.8 Å². The van der Waals surface area contributed by atoms with E-state index in [4.69, 9.17) is 5.84 Å². The molecule has 0 aliphatic carbocycles. The van der Waals surface area contributed by atoms with Gasteiger partial charge in [0.15, 0.2) is 0 Å². The van der Waals surface area contributed by atoms with Crippen molar-refractivity contribution in [3.8, 4) is 0 Å². The van der Waals surface area contributed by atoms with Gasteiger partial charge in [0.2, 0.25) is 0 Å². The van der Waals surface area contributed by atoms with E-state index < -0.39 is 0 Å². The molecule has 1 aromatic rings. The number of aliphatic hydroxyl groups excluding tert-OH is 1. The van der Waals surface area contributed by atoms with Gasteiger partial charge in [-0.1, -0.05) is 6.92 Å². The number of hydrogen-bond acceptors (Lipinski definition) is 6. The molecular formula is C9H16N4OS. The molecule has 0 saturated carbocycles. The number of thioether (sulfide) groups is 1. The molecule has 15 heavy (non-hydrogen) atoms. The van der Waals surface area contributed by atoms with Gasteiger partial charge in [-0.3, -0.25) is 0 Å². The van der Waals surface area contributed by atoms with Crippen LogP contribution in [0.2, 0.25) is 0 Å². The molecule has 0 saturated heterocycles. The van der Waals surface area contributed by atoms with Gasteiger partial charge in [-0.05, 0) is 13.8 Å². The molecule has 0 aromatic carbocycles. The van der Waals surface area contributed by atoms with Crippen LogP contribution in [0, 0.1) is 6.92 Å². The van der Waals surface area contributed by atoms with Crippen LogP contribution in [0.5, 0.6) is 0 Å². The minimum absolute atomic E-state index is 0.0879. The van der Waals surface area contributed by atoms with E-state index in [2.05, 4.69) is 15.4 Å². The van der Waals surface area contributed by atoms with Gasteiger partial charge in [0.25, 0.3) is 0 Å². The Morgan fingerprint density at radius 3 is 2.67 bits per heavy atom. The average Bonchev–Trinajstić information content (AvgIpc) is 2.16. The second-order valence-corrected chi connectivity index (χ2v) is 4.74. The van der Waals surface area contributed by atoms with Crippen LogP contribution in [0.25, 0.3) is 0 Å². The topological polar surface area (TPSA) is 84.1 Å². The van der Waals surface area contributed by atoms with Gasteiger partial charge in [-0.25, -0.2) is 15.8 Å². The number of nitrogens with zero attached hydrogens (tertiary/aromatic N) is 2. The smallest absolute Gasteiger partial charge is 0.144 e. The average molecular weight is 228 g/mol. The van der Waals surface area contributed by atoms with Crippen LogP contribution in [-0.4, -0.2) is 26.4 Å². The molecule has 2 atom stereocenters. The van der Waals surface area contributed by atoms with Gasteiger partial charge >= 0.3 is 0 Å². The number of nitrogen functional groups attached to an aromatic ring is 1. The van der Waals surface area contributed by atoms with Gasteiger partial charge in [-0.2, -0.15) is 0 Å². The van der Waals surface area contributed by atoms with Crippen molar-refractivity contribution in [3.05, 3.63) is 11.9 Å². The van der Waals surface area contributed by atoms with E-state index in [-0.39, 0.29) is 11.4 Å². The SMILES string of the molecule is Cc1nc(NN)cc(SC(C)C(C)O)n1. The summed E-state index contributed by atoms with van der Waals surface area (Å²) in [5.41, 5.74) is 2.48. The van der Waals surface area contributed by atoms with Crippen LogP contribution in [0.1, 0.15) is 19.7 Å². The Bertz CT molecular complexity index is 332. The monoisotopic (exact) mass is 228 g/mol. The van der Waals surface area contributed by atoms with Gasteiger partial charge in [0.1, 0.15) is 16.7 Å². The van der Waals surface area contributed by atoms with E-state index in [0.29, 0.717) is 11.6 Å². The first-order valence-corrected chi connectivity index (χ1v) is 5.58. The van der Waals surface area contributed by atoms with Crippen molar-refractivity contribution in [2.24, 2.45) is 5.84 Å². The maximum absolute atomic E-state index is 9.37. The summed E-state index contributed by atoms with van der Waals surface area (Å²) in [6.45, 7) is 5.51. The highest BCUT2D eigenvalue weighted by Gasteiger charge is 2.12. The summed E-state index contributed by atoms with van der Waals surface area (Å²) in [4.78, 5) is 8.33. The van der Waals surface area contributed by atoms with Crippen molar-refractivity contribution in [3.63, 3.8) is 0 Å². The number of aryl methyl sites for hydroxylation is 1. The summed E-state index contributed by atoms with van der Waals surface area (Å²) >= 11 is 1.50. The highest BCUT2D eigenvalue weighted by Crippen LogP contribution is 2.24. The van der Waals surface area contributed by atoms with Crippen LogP contribution in [0.3, 0.4) is 0 Å². The Labute approximate surface area is 93.5 Å². The van der Waals surface area contributed by atoms with Gasteiger partial charge < -0.3 is 10.5 Å². The fraction of sp³-hybridized carbons (Fsp3) is 0.556. The van der Waals surface area contributed by atoms with Crippen LogP contribution in [0.4, 0.5) is 5.82 Å². The molecule has 0 aliphatic rings. The van der Waals surface area contributed by atoms with Gasteiger partial charge in [-0.15, -0.1) is 11.8 Å². The second kappa shape index (κ2) is 5.29. The number of hydrogen-bond donors (Lipinski definition) is 3. The van der Waals surface area contributed by atoms with Crippen LogP contribution in [0.15, 0.2) is 11.1 Å². The highest BCUT2D eigenvalue weighted by atomic mass is 32.2. The molecule has 0 spiro atoms. The highest BCUT2D eigenvalue weighted by molar-refractivity contribution is 7.99. The Balaban J connectivity index is 2.80. The van der Waals surface area contributed by atoms with E-state index in [0.717, 1.165) is 5.03 Å². The molecule has 4 N–H and O–H groups in total. The van der Waals surface area contributed by atoms with Gasteiger partial charge in [0, 0.05) is 11.3 Å². The number of aromatic nitrogens is 2. The van der Waals surface area contributed by atoms with Crippen molar-refractivity contribution >= 4 is 17.6 Å². The molecular weight excluding hydrogens is 212 g/mol. The zero-order chi connectivity index (χ0) is 11.4. The summed E-state index contributed by atoms with van der Waals surface area (Å²) in [6.07, 6.45) is -0.375. The van der Waals surface area contributed by atoms with Crippen LogP contribution < -0.4 is 11.3 Å². The number of anilines is 1. The first kappa shape index (κ1) is 12.2. The summed E-state index contributed by atoms with van der Waals surface area (Å²) in [5, 5.41) is 10.3. The van der Waals surface area contributed by atoms with Crippen molar-refractivity contribution in [1.82, 2.24) is 9.97 Å². The summed E-state index contributed by atoms with van der Waals surface area (Å²) in [5.74, 6) is 6.52. The molecule has 0 aliphatic heterocycles. The molecule has 2 unspecified atom stereocenters. The Kier molecular flexibility index (Phi) is 4.31. The fourth-order valence-electron chi connectivity index (χ4n) is 0.964. The van der Waals surface area contributed by atoms with E-state index in [1.54, 1.807) is 19.9 Å². The Hall–Kier alpha value is -0.850. The number of aliphatic hydroxyl groups is 1. The van der Waals surface area contributed by atoms with Crippen molar-refractivity contribution < 1.29 is 5.11 Å². The normalized spacial score (nSPS) is 14.7. The third-order valence-corrected chi connectivity index (χ3v) is 3.16. The lowest BCUT2D eigenvalue weighted by atomic mass is 10.3. The molecule has 0 bridgehead atoms. The standard InChI is InChI=1S/C9H16N4OS/c1-5(14)6(2)15-9-4-8(13-10)11-7(3)12-9/h4-6,14H,10H2,1-3H3,(H,11,12,13). The maximum Gasteiger partial charge on any atom is 0.144 e. The molecule has 84 valence electrons. The van der Waals surface area contributed by atoms with E-state index >= 15 is 0 Å². The van der Waals surface area contributed by atoms with Crippen molar-refractivity contribution in [2.45, 2.75) is 37.2 Å². The minimum Gasteiger partial charge on any atom is -0.392 e. The first-order valence-electron chi connectivity index (χ1n) is 4.70. The number of nitrogens with two attached hydrogens (primary N) is 1. The number of hydrazine groups is 1. The van der Waals surface area contributed by atoms with E-state index in [1.807, 2.05) is 6.92 Å². The van der Waals surface area contributed by atoms with E-state index in [1.165, 1.54) is 11.8 Å². The predicted molar refractivity (Wildman–Crippen MR) is 61.6 cm³/mol. The van der Waals surface area contributed by atoms with E-state index in [9.17, 15) is 5.11 Å². The lowest BCUT2D eigenvalue weighted by Crippen LogP contribution is -2.16. The Morgan fingerprint density at radius 1 is 1.47 bits per heavy atom. The fourth-order valence-corrected chi connectivity index (χ4v) is 1.91. The van der Waals surface area contributed by atoms with Gasteiger partial charge in [0.05, 0.1) is 6.10 Å². The zero-order valence-corrected chi connectivity index (χ0v) is 9.88. The van der Waals surface area contributed by atoms with Crippen molar-refractivity contribution in [2.75, 3.05) is 5.43 Å². The molecule has 0 amide bonds. The largest absolute Gasteiger partial charge is 0.392 e. The minimum atomic E-state index is -0.375. The Morgan fingerprint density at radius 2 is 2.13 bits per heavy atom. The first-order chi connectivity index (χ1) is 7.02. The molecule has 1 heterocycles. The molecule has 6 heteroatoms. The predicted octanol–water partition coefficient (Wildman–Crippen LogP) is 0.932. The van der Waals surface area contributed by atoms with Crippen LogP contribution in [-0.2, 0) is 0 Å². The maximum atomic E-state index is 9.37. The molecule has 0 fully saturated rings. The molecule has 0 radical (unpaired) electrons. The summed E-state index contributed by atoms with van der Waals surface area (Å²) in [7, 11) is 0. The molecule has 1 rings (SSSR count). The lowest BCUT2D eigenvalue weighted by molar-refractivity contribution is 0.196.